The quantitative estimate of drug-likeness (QED) is 0.379. The first-order chi connectivity index (χ1) is 19.2. The Morgan fingerprint density at radius 3 is 2.42 bits per heavy atom. The standard InChI is InChI=1S/C30H40N6O4/c1-6-40-27-12-11-22(19-34(4)5)17-26(27)32-29(38)28(20(2)24-18-31-25-10-8-7-9-23(24)25)33-30(39)36-15-13-35(14-16-36)21(3)37/h7-12,17-18,20,28,31H,6,13-16,19H2,1-5H3,(H,32,38)(H,33,39)/t20-,28+/m0/s1. The summed E-state index contributed by atoms with van der Waals surface area (Å²) in [5.41, 5.74) is 3.48. The zero-order chi connectivity index (χ0) is 28.8. The number of ether oxygens (including phenoxy) is 1. The fourth-order valence-electron chi connectivity index (χ4n) is 5.15. The number of fused-ring (bicyclic) bond motifs is 1. The first-order valence-corrected chi connectivity index (χ1v) is 13.8. The second-order valence-electron chi connectivity index (χ2n) is 10.5. The highest BCUT2D eigenvalue weighted by Gasteiger charge is 2.32. The predicted molar refractivity (Wildman–Crippen MR) is 156 cm³/mol. The van der Waals surface area contributed by atoms with Crippen LogP contribution in [0.5, 0.6) is 5.75 Å². The number of H-pyrrole nitrogens is 1. The Kier molecular flexibility index (Phi) is 9.31. The fourth-order valence-corrected chi connectivity index (χ4v) is 5.15. The molecule has 3 N–H and O–H groups in total. The fraction of sp³-hybridized carbons (Fsp3) is 0.433. The largest absolute Gasteiger partial charge is 0.492 e. The van der Waals surface area contributed by atoms with Gasteiger partial charge in [-0.25, -0.2) is 4.79 Å². The zero-order valence-corrected chi connectivity index (χ0v) is 24.0. The van der Waals surface area contributed by atoms with Gasteiger partial charge >= 0.3 is 6.03 Å². The number of amides is 4. The van der Waals surface area contributed by atoms with Gasteiger partial charge in [0.15, 0.2) is 0 Å². The molecule has 1 aromatic heterocycles. The van der Waals surface area contributed by atoms with E-state index in [0.717, 1.165) is 22.0 Å². The van der Waals surface area contributed by atoms with Gasteiger partial charge in [0.25, 0.3) is 0 Å². The lowest BCUT2D eigenvalue weighted by Gasteiger charge is -2.35. The van der Waals surface area contributed by atoms with Crippen LogP contribution in [0.3, 0.4) is 0 Å². The number of urea groups is 1. The van der Waals surface area contributed by atoms with E-state index in [0.29, 0.717) is 50.8 Å². The highest BCUT2D eigenvalue weighted by molar-refractivity contribution is 5.99. The van der Waals surface area contributed by atoms with Crippen molar-refractivity contribution in [3.05, 3.63) is 59.8 Å². The molecular formula is C30H40N6O4. The molecular weight excluding hydrogens is 508 g/mol. The smallest absolute Gasteiger partial charge is 0.318 e. The number of aromatic amines is 1. The molecule has 0 spiro atoms. The summed E-state index contributed by atoms with van der Waals surface area (Å²) in [6.45, 7) is 8.27. The van der Waals surface area contributed by atoms with Crippen LogP contribution in [0.4, 0.5) is 10.5 Å². The molecule has 0 aliphatic carbocycles. The van der Waals surface area contributed by atoms with Crippen LogP contribution >= 0.6 is 0 Å². The van der Waals surface area contributed by atoms with Gasteiger partial charge < -0.3 is 35.1 Å². The minimum Gasteiger partial charge on any atom is -0.492 e. The van der Waals surface area contributed by atoms with Crippen molar-refractivity contribution in [2.24, 2.45) is 0 Å². The molecule has 0 saturated carbocycles. The molecule has 1 aliphatic heterocycles. The number of hydrogen-bond acceptors (Lipinski definition) is 5. The Morgan fingerprint density at radius 2 is 1.75 bits per heavy atom. The summed E-state index contributed by atoms with van der Waals surface area (Å²) in [6.07, 6.45) is 1.90. The monoisotopic (exact) mass is 548 g/mol. The van der Waals surface area contributed by atoms with Crippen LogP contribution in [0.2, 0.25) is 0 Å². The Balaban J connectivity index is 1.62. The molecule has 214 valence electrons. The Hall–Kier alpha value is -4.05. The van der Waals surface area contributed by atoms with E-state index in [9.17, 15) is 14.4 Å². The summed E-state index contributed by atoms with van der Waals surface area (Å²) < 4.78 is 5.81. The van der Waals surface area contributed by atoms with E-state index >= 15 is 0 Å². The maximum Gasteiger partial charge on any atom is 0.318 e. The molecule has 0 bridgehead atoms. The molecule has 0 radical (unpaired) electrons. The van der Waals surface area contributed by atoms with Crippen LogP contribution in [-0.4, -0.2) is 90.5 Å². The third kappa shape index (κ3) is 6.74. The number of piperazine rings is 1. The van der Waals surface area contributed by atoms with Crippen molar-refractivity contribution in [1.82, 2.24) is 25.0 Å². The summed E-state index contributed by atoms with van der Waals surface area (Å²) in [7, 11) is 3.97. The van der Waals surface area contributed by atoms with Gasteiger partial charge in [0.2, 0.25) is 11.8 Å². The number of anilines is 1. The van der Waals surface area contributed by atoms with Gasteiger partial charge in [0.05, 0.1) is 12.3 Å². The Bertz CT molecular complexity index is 1340. The maximum absolute atomic E-state index is 14.0. The predicted octanol–water partition coefficient (Wildman–Crippen LogP) is 3.61. The lowest BCUT2D eigenvalue weighted by Crippen LogP contribution is -2.56. The molecule has 2 aromatic carbocycles. The van der Waals surface area contributed by atoms with Gasteiger partial charge in [-0.05, 0) is 50.3 Å². The van der Waals surface area contributed by atoms with Crippen molar-refractivity contribution < 1.29 is 19.1 Å². The summed E-state index contributed by atoms with van der Waals surface area (Å²) in [4.78, 5) is 47.8. The molecule has 1 fully saturated rings. The van der Waals surface area contributed by atoms with E-state index < -0.39 is 6.04 Å². The average Bonchev–Trinajstić information content (AvgIpc) is 3.36. The number of carbonyl (C=O) groups excluding carboxylic acids is 3. The minimum atomic E-state index is -0.871. The van der Waals surface area contributed by atoms with Crippen molar-refractivity contribution in [2.45, 2.75) is 39.3 Å². The molecule has 1 saturated heterocycles. The lowest BCUT2D eigenvalue weighted by molar-refractivity contribution is -0.130. The highest BCUT2D eigenvalue weighted by atomic mass is 16.5. The number of hydrogen-bond donors (Lipinski definition) is 3. The molecule has 2 atom stereocenters. The van der Waals surface area contributed by atoms with Crippen molar-refractivity contribution in [3.8, 4) is 5.75 Å². The van der Waals surface area contributed by atoms with Gasteiger partial charge in [-0.15, -0.1) is 0 Å². The minimum absolute atomic E-state index is 0.00753. The number of nitrogens with one attached hydrogen (secondary N) is 3. The number of para-hydroxylation sites is 1. The molecule has 1 aliphatic rings. The first-order valence-electron chi connectivity index (χ1n) is 13.8. The number of benzene rings is 2. The molecule has 10 nitrogen and oxygen atoms in total. The van der Waals surface area contributed by atoms with Gasteiger partial charge in [-0.1, -0.05) is 31.2 Å². The van der Waals surface area contributed by atoms with Gasteiger partial charge in [0, 0.05) is 62.7 Å². The Labute approximate surface area is 235 Å². The van der Waals surface area contributed by atoms with E-state index in [4.69, 9.17) is 4.74 Å². The van der Waals surface area contributed by atoms with E-state index in [1.165, 1.54) is 6.92 Å². The third-order valence-corrected chi connectivity index (χ3v) is 7.29. The van der Waals surface area contributed by atoms with Crippen molar-refractivity contribution >= 4 is 34.4 Å². The van der Waals surface area contributed by atoms with E-state index in [1.807, 2.05) is 76.6 Å². The number of carbonyl (C=O) groups is 3. The number of rotatable bonds is 9. The van der Waals surface area contributed by atoms with Crippen LogP contribution in [0, 0.1) is 0 Å². The normalized spacial score (nSPS) is 15.2. The number of nitrogens with zero attached hydrogens (tertiary/aromatic N) is 3. The first kappa shape index (κ1) is 28.9. The van der Waals surface area contributed by atoms with Crippen molar-refractivity contribution in [3.63, 3.8) is 0 Å². The topological polar surface area (TPSA) is 110 Å². The van der Waals surface area contributed by atoms with Crippen LogP contribution in [0.15, 0.2) is 48.7 Å². The van der Waals surface area contributed by atoms with Crippen LogP contribution in [0.1, 0.15) is 37.8 Å². The summed E-state index contributed by atoms with van der Waals surface area (Å²) in [6, 6.07) is 12.5. The van der Waals surface area contributed by atoms with Crippen molar-refractivity contribution in [1.29, 1.82) is 0 Å². The van der Waals surface area contributed by atoms with Gasteiger partial charge in [-0.2, -0.15) is 0 Å². The average molecular weight is 549 g/mol. The van der Waals surface area contributed by atoms with Gasteiger partial charge in [-0.3, -0.25) is 9.59 Å². The molecule has 10 heteroatoms. The molecule has 4 amide bonds. The maximum atomic E-state index is 14.0. The molecule has 4 rings (SSSR count). The van der Waals surface area contributed by atoms with Crippen molar-refractivity contribution in [2.75, 3.05) is 52.2 Å². The van der Waals surface area contributed by atoms with E-state index in [1.54, 1.807) is 9.80 Å². The Morgan fingerprint density at radius 1 is 1.05 bits per heavy atom. The molecule has 3 aromatic rings. The highest BCUT2D eigenvalue weighted by Crippen LogP contribution is 2.31. The zero-order valence-electron chi connectivity index (χ0n) is 24.0. The molecule has 0 unspecified atom stereocenters. The molecule has 2 heterocycles. The second-order valence-corrected chi connectivity index (χ2v) is 10.5. The lowest BCUT2D eigenvalue weighted by atomic mass is 9.92. The molecule has 40 heavy (non-hydrogen) atoms. The number of aromatic nitrogens is 1. The SMILES string of the molecule is CCOc1ccc(CN(C)C)cc1NC(=O)[C@H](NC(=O)N1CCN(C(C)=O)CC1)[C@@H](C)c1c[nH]c2ccccc12. The van der Waals surface area contributed by atoms with E-state index in [2.05, 4.69) is 20.5 Å². The van der Waals surface area contributed by atoms with Crippen LogP contribution in [-0.2, 0) is 16.1 Å². The second kappa shape index (κ2) is 12.9. The summed E-state index contributed by atoms with van der Waals surface area (Å²) >= 11 is 0. The summed E-state index contributed by atoms with van der Waals surface area (Å²) in [5.74, 6) is -0.119. The van der Waals surface area contributed by atoms with Crippen LogP contribution in [0.25, 0.3) is 10.9 Å². The van der Waals surface area contributed by atoms with Gasteiger partial charge in [0.1, 0.15) is 11.8 Å². The third-order valence-electron chi connectivity index (χ3n) is 7.29. The van der Waals surface area contributed by atoms with E-state index in [-0.39, 0.29) is 23.8 Å². The van der Waals surface area contributed by atoms with Crippen LogP contribution < -0.4 is 15.4 Å². The summed E-state index contributed by atoms with van der Waals surface area (Å²) in [5, 5.41) is 7.06.